The Morgan fingerprint density at radius 2 is 1.88 bits per heavy atom. The Bertz CT molecular complexity index is 1190. The molecule has 170 valence electrons. The average molecular weight is 468 g/mol. The van der Waals surface area contributed by atoms with Crippen molar-refractivity contribution in [2.45, 2.75) is 19.9 Å². The highest BCUT2D eigenvalue weighted by Crippen LogP contribution is 2.26. The van der Waals surface area contributed by atoms with Gasteiger partial charge in [-0.15, -0.1) is 11.3 Å². The lowest BCUT2D eigenvalue weighted by Gasteiger charge is -2.13. The molecule has 2 aromatic carbocycles. The van der Waals surface area contributed by atoms with Crippen molar-refractivity contribution < 1.29 is 19.3 Å². The molecule has 10 nitrogen and oxygen atoms in total. The summed E-state index contributed by atoms with van der Waals surface area (Å²) in [4.78, 5) is 50.1. The van der Waals surface area contributed by atoms with Crippen molar-refractivity contribution in [3.05, 3.63) is 75.2 Å². The molecule has 0 aliphatic carbocycles. The number of thiazole rings is 1. The van der Waals surface area contributed by atoms with Gasteiger partial charge in [0.1, 0.15) is 0 Å². The Morgan fingerprint density at radius 1 is 1.15 bits per heavy atom. The van der Waals surface area contributed by atoms with Crippen molar-refractivity contribution in [3.63, 3.8) is 0 Å². The molecule has 3 aromatic rings. The quantitative estimate of drug-likeness (QED) is 0.343. The van der Waals surface area contributed by atoms with Crippen LogP contribution in [-0.2, 0) is 9.59 Å². The van der Waals surface area contributed by atoms with Crippen molar-refractivity contribution in [1.29, 1.82) is 0 Å². The highest BCUT2D eigenvalue weighted by molar-refractivity contribution is 7.14. The fraction of sp³-hybridized carbons (Fsp3) is 0.182. The molecule has 1 atom stereocenters. The number of hydrogen-bond acceptors (Lipinski definition) is 7. The van der Waals surface area contributed by atoms with Gasteiger partial charge in [-0.05, 0) is 18.6 Å². The second kappa shape index (κ2) is 10.5. The van der Waals surface area contributed by atoms with Crippen LogP contribution in [0.3, 0.4) is 0 Å². The molecule has 0 saturated carbocycles. The minimum atomic E-state index is -0.597. The highest BCUT2D eigenvalue weighted by atomic mass is 32.1. The van der Waals surface area contributed by atoms with Crippen LogP contribution in [0.2, 0.25) is 0 Å². The predicted molar refractivity (Wildman–Crippen MR) is 124 cm³/mol. The molecule has 1 aromatic heterocycles. The van der Waals surface area contributed by atoms with Crippen molar-refractivity contribution >= 4 is 39.9 Å². The third-order valence-electron chi connectivity index (χ3n) is 4.61. The predicted octanol–water partition coefficient (Wildman–Crippen LogP) is 3.28. The van der Waals surface area contributed by atoms with Gasteiger partial charge in [-0.25, -0.2) is 4.98 Å². The fourth-order valence-electron chi connectivity index (χ4n) is 2.98. The van der Waals surface area contributed by atoms with Crippen LogP contribution in [0.15, 0.2) is 53.9 Å². The van der Waals surface area contributed by atoms with Gasteiger partial charge in [-0.3, -0.25) is 24.5 Å². The number of carbonyl (C=O) groups excluding carboxylic acids is 3. The van der Waals surface area contributed by atoms with Gasteiger partial charge in [-0.1, -0.05) is 30.3 Å². The van der Waals surface area contributed by atoms with E-state index in [0.29, 0.717) is 10.8 Å². The van der Waals surface area contributed by atoms with E-state index >= 15 is 0 Å². The number of nitro groups is 1. The third kappa shape index (κ3) is 6.43. The first-order valence-corrected chi connectivity index (χ1v) is 10.8. The Morgan fingerprint density at radius 3 is 2.55 bits per heavy atom. The lowest BCUT2D eigenvalue weighted by molar-refractivity contribution is -0.384. The summed E-state index contributed by atoms with van der Waals surface area (Å²) in [6, 6.07) is 12.7. The Kier molecular flexibility index (Phi) is 7.46. The molecule has 33 heavy (non-hydrogen) atoms. The molecule has 1 unspecified atom stereocenters. The van der Waals surface area contributed by atoms with Gasteiger partial charge in [0.2, 0.25) is 11.8 Å². The van der Waals surface area contributed by atoms with Crippen LogP contribution in [0.5, 0.6) is 0 Å². The van der Waals surface area contributed by atoms with E-state index in [1.165, 1.54) is 36.5 Å². The van der Waals surface area contributed by atoms with Gasteiger partial charge in [-0.2, -0.15) is 0 Å². The number of benzene rings is 2. The minimum absolute atomic E-state index is 0.0878. The Labute approximate surface area is 193 Å². The second-order valence-corrected chi connectivity index (χ2v) is 7.98. The largest absolute Gasteiger partial charge is 0.350 e. The number of nitro benzene ring substituents is 1. The number of amides is 3. The zero-order valence-electron chi connectivity index (χ0n) is 17.8. The van der Waals surface area contributed by atoms with Gasteiger partial charge in [0, 0.05) is 35.6 Å². The third-order valence-corrected chi connectivity index (χ3v) is 5.36. The molecular formula is C22H21N5O5S. The molecule has 0 saturated heterocycles. The summed E-state index contributed by atoms with van der Waals surface area (Å²) in [7, 11) is 0. The summed E-state index contributed by atoms with van der Waals surface area (Å²) in [6.45, 7) is 3.05. The van der Waals surface area contributed by atoms with Crippen LogP contribution in [0.25, 0.3) is 11.3 Å². The highest BCUT2D eigenvalue weighted by Gasteiger charge is 2.14. The molecule has 3 rings (SSSR count). The number of carbonyl (C=O) groups is 3. The van der Waals surface area contributed by atoms with E-state index in [2.05, 4.69) is 20.9 Å². The van der Waals surface area contributed by atoms with E-state index in [1.54, 1.807) is 5.38 Å². The van der Waals surface area contributed by atoms with E-state index in [4.69, 9.17) is 0 Å². The van der Waals surface area contributed by atoms with E-state index in [0.717, 1.165) is 17.2 Å². The summed E-state index contributed by atoms with van der Waals surface area (Å²) < 4.78 is 0. The van der Waals surface area contributed by atoms with Gasteiger partial charge >= 0.3 is 0 Å². The summed E-state index contributed by atoms with van der Waals surface area (Å²) in [5.74, 6) is -1.18. The van der Waals surface area contributed by atoms with Crippen LogP contribution in [0.4, 0.5) is 10.8 Å². The normalized spacial score (nSPS) is 11.3. The first kappa shape index (κ1) is 23.5. The summed E-state index contributed by atoms with van der Waals surface area (Å²) in [5.41, 5.74) is 2.36. The number of anilines is 1. The Balaban J connectivity index is 1.55. The topological polar surface area (TPSA) is 143 Å². The molecule has 0 fully saturated rings. The first-order chi connectivity index (χ1) is 15.7. The van der Waals surface area contributed by atoms with Crippen LogP contribution in [-0.4, -0.2) is 34.2 Å². The monoisotopic (exact) mass is 467 g/mol. The van der Waals surface area contributed by atoms with Crippen LogP contribution >= 0.6 is 11.3 Å². The van der Waals surface area contributed by atoms with Crippen LogP contribution in [0, 0.1) is 10.1 Å². The second-order valence-electron chi connectivity index (χ2n) is 7.12. The number of non-ortho nitro benzene ring substituents is 1. The fourth-order valence-corrected chi connectivity index (χ4v) is 3.72. The number of aromatic nitrogens is 1. The standard InChI is InChI=1S/C22H21N5O5S/c1-13(24-14(2)28)15-6-8-16(9-7-15)19-12-33-22(25-19)26-20(29)11-23-21(30)17-4-3-5-18(10-17)27(31)32/h3-10,12-13H,11H2,1-2H3,(H,23,30)(H,24,28)(H,25,26,29). The molecular weight excluding hydrogens is 446 g/mol. The average Bonchev–Trinajstić information content (AvgIpc) is 3.25. The van der Waals surface area contributed by atoms with Gasteiger partial charge < -0.3 is 16.0 Å². The number of nitrogens with one attached hydrogen (secondary N) is 3. The number of nitrogens with zero attached hydrogens (tertiary/aromatic N) is 2. The van der Waals surface area contributed by atoms with E-state index in [1.807, 2.05) is 31.2 Å². The minimum Gasteiger partial charge on any atom is -0.350 e. The lowest BCUT2D eigenvalue weighted by atomic mass is 10.1. The van der Waals surface area contributed by atoms with Crippen molar-refractivity contribution in [1.82, 2.24) is 15.6 Å². The van der Waals surface area contributed by atoms with Gasteiger partial charge in [0.05, 0.1) is 23.2 Å². The Hall–Kier alpha value is -4.12. The number of hydrogen-bond donors (Lipinski definition) is 3. The maximum Gasteiger partial charge on any atom is 0.270 e. The maximum absolute atomic E-state index is 12.2. The lowest BCUT2D eigenvalue weighted by Crippen LogP contribution is -2.32. The van der Waals surface area contributed by atoms with Crippen LogP contribution in [0.1, 0.15) is 35.8 Å². The SMILES string of the molecule is CC(=O)NC(C)c1ccc(-c2csc(NC(=O)CNC(=O)c3cccc([N+](=O)[O-])c3)n2)cc1. The molecule has 0 aliphatic rings. The van der Waals surface area contributed by atoms with Gasteiger partial charge in [0.15, 0.2) is 5.13 Å². The zero-order valence-corrected chi connectivity index (χ0v) is 18.6. The van der Waals surface area contributed by atoms with E-state index in [-0.39, 0.29) is 29.7 Å². The van der Waals surface area contributed by atoms with Crippen LogP contribution < -0.4 is 16.0 Å². The number of rotatable bonds is 8. The zero-order chi connectivity index (χ0) is 24.0. The van der Waals surface area contributed by atoms with E-state index in [9.17, 15) is 24.5 Å². The summed E-state index contributed by atoms with van der Waals surface area (Å²) in [6.07, 6.45) is 0. The molecule has 11 heteroatoms. The van der Waals surface area contributed by atoms with Gasteiger partial charge in [0.25, 0.3) is 11.6 Å². The van der Waals surface area contributed by atoms with Crippen molar-refractivity contribution in [2.24, 2.45) is 0 Å². The molecule has 1 heterocycles. The first-order valence-electron chi connectivity index (χ1n) is 9.88. The molecule has 0 radical (unpaired) electrons. The van der Waals surface area contributed by atoms with Crippen molar-refractivity contribution in [2.75, 3.05) is 11.9 Å². The molecule has 3 amide bonds. The van der Waals surface area contributed by atoms with E-state index < -0.39 is 16.7 Å². The molecule has 0 bridgehead atoms. The smallest absolute Gasteiger partial charge is 0.270 e. The summed E-state index contributed by atoms with van der Waals surface area (Å²) >= 11 is 1.24. The van der Waals surface area contributed by atoms with Crippen molar-refractivity contribution in [3.8, 4) is 11.3 Å². The summed E-state index contributed by atoms with van der Waals surface area (Å²) in [5, 5.41) is 20.9. The molecule has 3 N–H and O–H groups in total. The maximum atomic E-state index is 12.2. The molecule has 0 spiro atoms. The molecule has 0 aliphatic heterocycles.